The van der Waals surface area contributed by atoms with E-state index in [2.05, 4.69) is 237 Å². The molecular weight excluding hydrogens is 814 g/mol. The highest BCUT2D eigenvalue weighted by Gasteiger charge is 2.48. The van der Waals surface area contributed by atoms with Gasteiger partial charge in [0.2, 0.25) is 0 Å². The molecule has 0 amide bonds. The van der Waals surface area contributed by atoms with Crippen LogP contribution in [-0.4, -0.2) is 17.8 Å². The molecule has 308 valence electrons. The van der Waals surface area contributed by atoms with Crippen molar-refractivity contribution >= 4 is 135 Å². The molecule has 2 aromatic heterocycles. The quantitative estimate of drug-likeness (QED) is 0.165. The van der Waals surface area contributed by atoms with Gasteiger partial charge >= 0.3 is 0 Å². The third-order valence-electron chi connectivity index (χ3n) is 15.1. The van der Waals surface area contributed by atoms with E-state index in [1.165, 1.54) is 99.3 Å². The number of anilines is 9. The standard InChI is InChI=1S/C60H36B2N4O/c1-4-18-37(19-5-1)63-49-29-16-30-50-57(49)62(46-34-42-40-24-10-13-27-47(40)66-48-28-14-11-25-41(48)56(59(42)66)60(46)65(50)39-22-8-3-9-23-39)45-36-52-44(35-53(45)63)61-43-26-12-15-32-54(43)67-55-33-17-31-51(58(55)61)64(52)38-20-6-2-7-21-38/h1-36H. The second-order valence-corrected chi connectivity index (χ2v) is 18.3. The zero-order chi connectivity index (χ0) is 43.5. The molecule has 16 rings (SSSR count). The molecule has 0 aliphatic carbocycles. The van der Waals surface area contributed by atoms with E-state index in [0.717, 1.165) is 34.2 Å². The third-order valence-corrected chi connectivity index (χ3v) is 15.1. The summed E-state index contributed by atoms with van der Waals surface area (Å²) in [5.74, 6) is 1.82. The molecule has 4 aliphatic rings. The highest BCUT2D eigenvalue weighted by atomic mass is 16.5. The van der Waals surface area contributed by atoms with E-state index < -0.39 is 0 Å². The average molecular weight is 851 g/mol. The Labute approximate surface area is 387 Å². The first-order valence-corrected chi connectivity index (χ1v) is 23.3. The van der Waals surface area contributed by atoms with Gasteiger partial charge in [-0.3, -0.25) is 0 Å². The van der Waals surface area contributed by atoms with Crippen LogP contribution in [0.1, 0.15) is 0 Å². The summed E-state index contributed by atoms with van der Waals surface area (Å²) in [7, 11) is 0. The van der Waals surface area contributed by atoms with Crippen LogP contribution in [-0.2, 0) is 0 Å². The largest absolute Gasteiger partial charge is 0.458 e. The molecule has 0 atom stereocenters. The molecule has 12 aromatic rings. The summed E-state index contributed by atoms with van der Waals surface area (Å²) in [6.07, 6.45) is 0. The van der Waals surface area contributed by atoms with E-state index in [9.17, 15) is 0 Å². The number of benzene rings is 10. The summed E-state index contributed by atoms with van der Waals surface area (Å²) in [5, 5.41) is 5.11. The van der Waals surface area contributed by atoms with E-state index in [1.807, 2.05) is 0 Å². The van der Waals surface area contributed by atoms with Crippen LogP contribution in [0.5, 0.6) is 11.5 Å². The van der Waals surface area contributed by atoms with Crippen LogP contribution in [0.4, 0.5) is 51.2 Å². The molecule has 0 spiro atoms. The number of aromatic nitrogens is 1. The molecule has 5 nitrogen and oxygen atoms in total. The maximum absolute atomic E-state index is 6.78. The van der Waals surface area contributed by atoms with Gasteiger partial charge in [-0.2, -0.15) is 0 Å². The van der Waals surface area contributed by atoms with Crippen molar-refractivity contribution in [3.63, 3.8) is 0 Å². The Morgan fingerprint density at radius 2 is 0.821 bits per heavy atom. The normalized spacial score (nSPS) is 13.9. The Morgan fingerprint density at radius 1 is 0.328 bits per heavy atom. The van der Waals surface area contributed by atoms with Crippen LogP contribution in [0.15, 0.2) is 218 Å². The predicted octanol–water partition coefficient (Wildman–Crippen LogP) is 11.3. The van der Waals surface area contributed by atoms with Crippen molar-refractivity contribution in [3.8, 4) is 11.5 Å². The summed E-state index contributed by atoms with van der Waals surface area (Å²) in [6.45, 7) is -0.152. The predicted molar refractivity (Wildman–Crippen MR) is 281 cm³/mol. The molecule has 0 radical (unpaired) electrons. The molecule has 0 fully saturated rings. The van der Waals surface area contributed by atoms with E-state index in [1.54, 1.807) is 0 Å². The van der Waals surface area contributed by atoms with Gasteiger partial charge in [-0.25, -0.2) is 0 Å². The van der Waals surface area contributed by atoms with Crippen LogP contribution < -0.4 is 52.2 Å². The molecule has 0 saturated heterocycles. The Kier molecular flexibility index (Phi) is 6.91. The topological polar surface area (TPSA) is 23.4 Å². The minimum atomic E-state index is -0.107. The van der Waals surface area contributed by atoms with E-state index in [4.69, 9.17) is 4.74 Å². The Balaban J connectivity index is 1.09. The zero-order valence-electron chi connectivity index (χ0n) is 36.1. The van der Waals surface area contributed by atoms with Gasteiger partial charge in [-0.05, 0) is 124 Å². The highest BCUT2D eigenvalue weighted by molar-refractivity contribution is 7.02. The summed E-state index contributed by atoms with van der Waals surface area (Å²) < 4.78 is 9.30. The van der Waals surface area contributed by atoms with E-state index in [0.29, 0.717) is 0 Å². The lowest BCUT2D eigenvalue weighted by Gasteiger charge is -2.46. The fraction of sp³-hybridized carbons (Fsp3) is 0. The molecular formula is C60H36B2N4O. The van der Waals surface area contributed by atoms with Crippen molar-refractivity contribution in [1.82, 2.24) is 4.40 Å². The second-order valence-electron chi connectivity index (χ2n) is 18.3. The molecule has 67 heavy (non-hydrogen) atoms. The Hall–Kier alpha value is -8.67. The van der Waals surface area contributed by atoms with Crippen LogP contribution in [0.3, 0.4) is 0 Å². The molecule has 0 unspecified atom stereocenters. The first-order chi connectivity index (χ1) is 33.3. The smallest absolute Gasteiger partial charge is 0.256 e. The molecule has 0 N–H and O–H groups in total. The van der Waals surface area contributed by atoms with Gasteiger partial charge in [0, 0.05) is 67.0 Å². The minimum Gasteiger partial charge on any atom is -0.458 e. The van der Waals surface area contributed by atoms with Gasteiger partial charge in [0.1, 0.15) is 11.5 Å². The minimum absolute atomic E-state index is 0.0445. The van der Waals surface area contributed by atoms with Gasteiger partial charge in [0.25, 0.3) is 13.4 Å². The second kappa shape index (κ2) is 13.0. The lowest BCUT2D eigenvalue weighted by Crippen LogP contribution is -2.63. The number of fused-ring (bicyclic) bond motifs is 15. The van der Waals surface area contributed by atoms with Crippen molar-refractivity contribution in [2.24, 2.45) is 0 Å². The first-order valence-electron chi connectivity index (χ1n) is 23.3. The molecule has 4 aliphatic heterocycles. The van der Waals surface area contributed by atoms with Crippen molar-refractivity contribution in [3.05, 3.63) is 218 Å². The van der Waals surface area contributed by atoms with Crippen LogP contribution in [0, 0.1) is 0 Å². The Morgan fingerprint density at radius 3 is 1.49 bits per heavy atom. The molecule has 7 heteroatoms. The number of ether oxygens (including phenoxy) is 1. The fourth-order valence-electron chi connectivity index (χ4n) is 12.6. The summed E-state index contributed by atoms with van der Waals surface area (Å²) >= 11 is 0. The number of para-hydroxylation sites is 6. The van der Waals surface area contributed by atoms with E-state index >= 15 is 0 Å². The first kappa shape index (κ1) is 35.7. The van der Waals surface area contributed by atoms with E-state index in [-0.39, 0.29) is 13.4 Å². The Bertz CT molecular complexity index is 4060. The van der Waals surface area contributed by atoms with Crippen LogP contribution in [0.2, 0.25) is 0 Å². The van der Waals surface area contributed by atoms with Gasteiger partial charge in [0.05, 0.1) is 22.2 Å². The average Bonchev–Trinajstić information content (AvgIpc) is 3.91. The summed E-state index contributed by atoms with van der Waals surface area (Å²) in [6, 6.07) is 80.7. The molecule has 0 saturated carbocycles. The number of hydrogen-bond donors (Lipinski definition) is 0. The van der Waals surface area contributed by atoms with Gasteiger partial charge < -0.3 is 23.8 Å². The maximum Gasteiger partial charge on any atom is 0.256 e. The van der Waals surface area contributed by atoms with Crippen LogP contribution >= 0.6 is 0 Å². The molecule has 0 bridgehead atoms. The number of nitrogens with zero attached hydrogens (tertiary/aromatic N) is 4. The van der Waals surface area contributed by atoms with Gasteiger partial charge in [-0.1, -0.05) is 127 Å². The maximum atomic E-state index is 6.78. The molecule has 10 aromatic carbocycles. The number of rotatable bonds is 3. The summed E-state index contributed by atoms with van der Waals surface area (Å²) in [4.78, 5) is 7.60. The number of hydrogen-bond acceptors (Lipinski definition) is 4. The van der Waals surface area contributed by atoms with Crippen molar-refractivity contribution in [2.45, 2.75) is 0 Å². The fourth-order valence-corrected chi connectivity index (χ4v) is 12.6. The van der Waals surface area contributed by atoms with Crippen molar-refractivity contribution in [2.75, 3.05) is 14.7 Å². The highest BCUT2D eigenvalue weighted by Crippen LogP contribution is 2.51. The third kappa shape index (κ3) is 4.55. The lowest BCUT2D eigenvalue weighted by molar-refractivity contribution is 0.487. The molecule has 6 heterocycles. The van der Waals surface area contributed by atoms with Crippen molar-refractivity contribution in [1.29, 1.82) is 0 Å². The van der Waals surface area contributed by atoms with Gasteiger partial charge in [0.15, 0.2) is 0 Å². The lowest BCUT2D eigenvalue weighted by atomic mass is 9.31. The monoisotopic (exact) mass is 850 g/mol. The van der Waals surface area contributed by atoms with Crippen LogP contribution in [0.25, 0.3) is 38.1 Å². The van der Waals surface area contributed by atoms with Crippen molar-refractivity contribution < 1.29 is 4.74 Å². The summed E-state index contributed by atoms with van der Waals surface area (Å²) in [5.41, 5.74) is 21.8. The zero-order valence-corrected chi connectivity index (χ0v) is 36.1. The van der Waals surface area contributed by atoms with Gasteiger partial charge in [-0.15, -0.1) is 0 Å². The SMILES string of the molecule is c1ccc(N2c3cc4c(cc3B3c5ccccc5Oc5cccc2c53)N(c2ccccc2)c2cccc3c2B4c2cc4c5ccccc5n5c6ccccc6c(c2N3c2ccccc2)c45)cc1.